The number of rotatable bonds is 2. The molecule has 0 unspecified atom stereocenters. The molecule has 5 heteroatoms. The number of methoxy groups -OCH3 is 1. The number of ether oxygens (including phenoxy) is 1. The molecule has 0 radical (unpaired) electrons. The Kier molecular flexibility index (Phi) is 2.21. The van der Waals surface area contributed by atoms with Crippen LogP contribution in [0.5, 0.6) is 0 Å². The maximum absolute atomic E-state index is 11.0. The van der Waals surface area contributed by atoms with Crippen molar-refractivity contribution >= 4 is 22.8 Å². The Hall–Kier alpha value is -2.17. The van der Waals surface area contributed by atoms with Gasteiger partial charge in [-0.3, -0.25) is 5.41 Å². The van der Waals surface area contributed by atoms with Crippen LogP contribution in [0, 0.1) is 5.41 Å². The van der Waals surface area contributed by atoms with Gasteiger partial charge < -0.3 is 9.15 Å². The molecular formula is C10H8N2O3. The van der Waals surface area contributed by atoms with Gasteiger partial charge in [0.15, 0.2) is 5.58 Å². The Morgan fingerprint density at radius 2 is 2.20 bits per heavy atom. The molecule has 0 fully saturated rings. The lowest BCUT2D eigenvalue weighted by Gasteiger charge is -1.94. The highest BCUT2D eigenvalue weighted by Gasteiger charge is 2.18. The number of para-hydroxylation sites is 2. The van der Waals surface area contributed by atoms with Crippen molar-refractivity contribution in [2.24, 2.45) is 0 Å². The highest BCUT2D eigenvalue weighted by atomic mass is 16.5. The van der Waals surface area contributed by atoms with Crippen LogP contribution in [-0.2, 0) is 9.53 Å². The van der Waals surface area contributed by atoms with Gasteiger partial charge in [-0.25, -0.2) is 9.78 Å². The van der Waals surface area contributed by atoms with Crippen molar-refractivity contribution in [3.05, 3.63) is 30.2 Å². The molecule has 1 N–H and O–H groups in total. The van der Waals surface area contributed by atoms with Gasteiger partial charge in [0.2, 0.25) is 5.71 Å². The number of hydrogen-bond acceptors (Lipinski definition) is 5. The summed E-state index contributed by atoms with van der Waals surface area (Å²) in [6, 6.07) is 7.05. The standard InChI is InChI=1S/C10H8N2O3/c1-14-10(13)8(11)9-12-6-4-2-3-5-7(6)15-9/h2-5,11H,1H3. The zero-order valence-electron chi connectivity index (χ0n) is 7.98. The Labute approximate surface area is 85.2 Å². The number of aromatic nitrogens is 1. The number of fused-ring (bicyclic) bond motifs is 1. The Morgan fingerprint density at radius 3 is 2.87 bits per heavy atom. The zero-order valence-corrected chi connectivity index (χ0v) is 7.98. The van der Waals surface area contributed by atoms with Crippen LogP contribution in [0.1, 0.15) is 5.89 Å². The average molecular weight is 204 g/mol. The molecule has 2 aromatic rings. The van der Waals surface area contributed by atoms with Crippen molar-refractivity contribution in [2.75, 3.05) is 7.11 Å². The topological polar surface area (TPSA) is 76.2 Å². The number of carbonyl (C=O) groups is 1. The van der Waals surface area contributed by atoms with Crippen molar-refractivity contribution in [2.45, 2.75) is 0 Å². The van der Waals surface area contributed by atoms with Crippen LogP contribution in [0.2, 0.25) is 0 Å². The minimum absolute atomic E-state index is 0.0250. The molecule has 0 aliphatic rings. The fourth-order valence-electron chi connectivity index (χ4n) is 1.17. The first-order valence-corrected chi connectivity index (χ1v) is 4.25. The van der Waals surface area contributed by atoms with Crippen molar-refractivity contribution in [1.82, 2.24) is 4.98 Å². The normalized spacial score (nSPS) is 10.2. The van der Waals surface area contributed by atoms with Crippen LogP contribution in [0.4, 0.5) is 0 Å². The van der Waals surface area contributed by atoms with E-state index in [0.717, 1.165) is 0 Å². The third-order valence-electron chi connectivity index (χ3n) is 1.90. The summed E-state index contributed by atoms with van der Waals surface area (Å²) in [6.07, 6.45) is 0. The Morgan fingerprint density at radius 1 is 1.47 bits per heavy atom. The van der Waals surface area contributed by atoms with Gasteiger partial charge in [0, 0.05) is 0 Å². The van der Waals surface area contributed by atoms with E-state index in [1.807, 2.05) is 0 Å². The number of esters is 1. The van der Waals surface area contributed by atoms with Gasteiger partial charge in [-0.15, -0.1) is 0 Å². The predicted octanol–water partition coefficient (Wildman–Crippen LogP) is 1.37. The third-order valence-corrected chi connectivity index (χ3v) is 1.90. The molecule has 0 bridgehead atoms. The summed E-state index contributed by atoms with van der Waals surface area (Å²) in [5.41, 5.74) is 0.774. The number of nitrogens with zero attached hydrogens (tertiary/aromatic N) is 1. The van der Waals surface area contributed by atoms with Gasteiger partial charge in [-0.2, -0.15) is 0 Å². The van der Waals surface area contributed by atoms with E-state index in [-0.39, 0.29) is 11.6 Å². The van der Waals surface area contributed by atoms with Crippen LogP contribution in [0.3, 0.4) is 0 Å². The molecule has 15 heavy (non-hydrogen) atoms. The molecular weight excluding hydrogens is 196 g/mol. The smallest absolute Gasteiger partial charge is 0.361 e. The van der Waals surface area contributed by atoms with E-state index in [2.05, 4.69) is 9.72 Å². The monoisotopic (exact) mass is 204 g/mol. The molecule has 5 nitrogen and oxygen atoms in total. The third kappa shape index (κ3) is 1.59. The summed E-state index contributed by atoms with van der Waals surface area (Å²) in [5.74, 6) is -0.787. The first kappa shape index (κ1) is 9.39. The summed E-state index contributed by atoms with van der Waals surface area (Å²) >= 11 is 0. The van der Waals surface area contributed by atoms with E-state index in [9.17, 15) is 4.79 Å². The molecule has 0 spiro atoms. The highest BCUT2D eigenvalue weighted by molar-refractivity contribution is 6.40. The van der Waals surface area contributed by atoms with Gasteiger partial charge >= 0.3 is 5.97 Å². The molecule has 2 rings (SSSR count). The predicted molar refractivity (Wildman–Crippen MR) is 52.9 cm³/mol. The minimum atomic E-state index is -0.762. The van der Waals surface area contributed by atoms with Crippen molar-refractivity contribution < 1.29 is 13.9 Å². The lowest BCUT2D eigenvalue weighted by atomic mass is 10.3. The highest BCUT2D eigenvalue weighted by Crippen LogP contribution is 2.14. The van der Waals surface area contributed by atoms with Gasteiger partial charge in [0.25, 0.3) is 5.89 Å². The zero-order chi connectivity index (χ0) is 10.8. The fourth-order valence-corrected chi connectivity index (χ4v) is 1.17. The summed E-state index contributed by atoms with van der Waals surface area (Å²) in [5, 5.41) is 7.44. The second-order valence-corrected chi connectivity index (χ2v) is 2.85. The molecule has 1 heterocycles. The second-order valence-electron chi connectivity index (χ2n) is 2.85. The van der Waals surface area contributed by atoms with Gasteiger partial charge in [-0.05, 0) is 12.1 Å². The molecule has 76 valence electrons. The molecule has 0 saturated heterocycles. The summed E-state index contributed by atoms with van der Waals surface area (Å²) in [7, 11) is 1.21. The van der Waals surface area contributed by atoms with E-state index >= 15 is 0 Å². The molecule has 0 aliphatic carbocycles. The molecule has 0 aliphatic heterocycles. The van der Waals surface area contributed by atoms with Crippen LogP contribution >= 0.6 is 0 Å². The van der Waals surface area contributed by atoms with E-state index in [1.165, 1.54) is 7.11 Å². The van der Waals surface area contributed by atoms with Gasteiger partial charge in [0.1, 0.15) is 5.52 Å². The SMILES string of the molecule is COC(=O)C(=N)c1nc2ccccc2o1. The number of benzene rings is 1. The van der Waals surface area contributed by atoms with Crippen LogP contribution in [0.25, 0.3) is 11.1 Å². The van der Waals surface area contributed by atoms with E-state index in [4.69, 9.17) is 9.83 Å². The van der Waals surface area contributed by atoms with Crippen molar-refractivity contribution in [3.63, 3.8) is 0 Å². The first-order chi connectivity index (χ1) is 7.22. The van der Waals surface area contributed by atoms with Crippen LogP contribution in [-0.4, -0.2) is 23.8 Å². The summed E-state index contributed by atoms with van der Waals surface area (Å²) in [4.78, 5) is 15.0. The lowest BCUT2D eigenvalue weighted by molar-refractivity contribution is -0.132. The number of carbonyl (C=O) groups excluding carboxylic acids is 1. The van der Waals surface area contributed by atoms with Crippen molar-refractivity contribution in [3.8, 4) is 0 Å². The number of hydrogen-bond donors (Lipinski definition) is 1. The van der Waals surface area contributed by atoms with E-state index in [0.29, 0.717) is 11.1 Å². The Balaban J connectivity index is 2.45. The summed E-state index contributed by atoms with van der Waals surface area (Å²) in [6.45, 7) is 0. The molecule has 0 amide bonds. The molecule has 1 aromatic heterocycles. The quantitative estimate of drug-likeness (QED) is 0.592. The van der Waals surface area contributed by atoms with E-state index < -0.39 is 5.97 Å². The Bertz CT molecular complexity index is 497. The molecule has 0 saturated carbocycles. The maximum Gasteiger partial charge on any atom is 0.361 e. The van der Waals surface area contributed by atoms with Gasteiger partial charge in [0.05, 0.1) is 7.11 Å². The molecule has 0 atom stereocenters. The number of oxazole rings is 1. The van der Waals surface area contributed by atoms with E-state index in [1.54, 1.807) is 24.3 Å². The summed E-state index contributed by atoms with van der Waals surface area (Å²) < 4.78 is 9.62. The van der Waals surface area contributed by atoms with Crippen LogP contribution in [0.15, 0.2) is 28.7 Å². The first-order valence-electron chi connectivity index (χ1n) is 4.25. The maximum atomic E-state index is 11.0. The lowest BCUT2D eigenvalue weighted by Crippen LogP contribution is -2.15. The molecule has 1 aromatic carbocycles. The van der Waals surface area contributed by atoms with Crippen LogP contribution < -0.4 is 0 Å². The van der Waals surface area contributed by atoms with Crippen molar-refractivity contribution in [1.29, 1.82) is 5.41 Å². The number of nitrogens with one attached hydrogen (secondary N) is 1. The minimum Gasteiger partial charge on any atom is -0.464 e. The fraction of sp³-hybridized carbons (Fsp3) is 0.100. The second kappa shape index (κ2) is 3.53. The van der Waals surface area contributed by atoms with Gasteiger partial charge in [-0.1, -0.05) is 12.1 Å². The largest absolute Gasteiger partial charge is 0.464 e. The average Bonchev–Trinajstić information content (AvgIpc) is 2.70.